The van der Waals surface area contributed by atoms with Crippen molar-refractivity contribution in [1.82, 2.24) is 0 Å². The normalized spacial score (nSPS) is 13.2. The second-order valence-electron chi connectivity index (χ2n) is 15.4. The first-order chi connectivity index (χ1) is 22.6. The summed E-state index contributed by atoms with van der Waals surface area (Å²) >= 11 is 3.92. The topological polar surface area (TPSA) is 0 Å². The fraction of sp³-hybridized carbons (Fsp3) is 0.200. The molecule has 0 unspecified atom stereocenters. The Morgan fingerprint density at radius 2 is 0.787 bits per heavy atom. The van der Waals surface area contributed by atoms with Gasteiger partial charge in [0.1, 0.15) is 0 Å². The molecule has 0 amide bonds. The fourth-order valence-corrected chi connectivity index (χ4v) is 10.9. The van der Waals surface area contributed by atoms with E-state index in [1.54, 1.807) is 0 Å². The summed E-state index contributed by atoms with van der Waals surface area (Å²) in [6, 6.07) is 41.8. The van der Waals surface area contributed by atoms with Gasteiger partial charge < -0.3 is 0 Å². The Morgan fingerprint density at radius 3 is 1.19 bits per heavy atom. The molecule has 8 aromatic rings. The lowest BCUT2D eigenvalue weighted by Gasteiger charge is -2.19. The number of thiophene rings is 2. The summed E-state index contributed by atoms with van der Waals surface area (Å²) in [5.74, 6) is 0. The molecule has 2 heteroatoms. The highest BCUT2D eigenvalue weighted by atomic mass is 32.1. The van der Waals surface area contributed by atoms with E-state index >= 15 is 0 Å². The van der Waals surface area contributed by atoms with E-state index in [1.807, 2.05) is 22.7 Å². The zero-order chi connectivity index (χ0) is 32.2. The van der Waals surface area contributed by atoms with Crippen molar-refractivity contribution in [1.29, 1.82) is 0 Å². The summed E-state index contributed by atoms with van der Waals surface area (Å²) in [6.07, 6.45) is 0.995. The predicted molar refractivity (Wildman–Crippen MR) is 209 cm³/mol. The maximum atomic E-state index is 2.46. The lowest BCUT2D eigenvalue weighted by Crippen LogP contribution is -2.10. The van der Waals surface area contributed by atoms with E-state index in [4.69, 9.17) is 0 Å². The van der Waals surface area contributed by atoms with Crippen molar-refractivity contribution in [2.45, 2.75) is 58.8 Å². The molecule has 0 atom stereocenters. The maximum absolute atomic E-state index is 2.46. The molecule has 47 heavy (non-hydrogen) atoms. The van der Waals surface area contributed by atoms with Crippen LogP contribution >= 0.6 is 22.7 Å². The largest absolute Gasteiger partial charge is 0.134 e. The molecular weight excluding hydrogens is 605 g/mol. The minimum Gasteiger partial charge on any atom is -0.134 e. The van der Waals surface area contributed by atoms with E-state index in [2.05, 4.69) is 151 Å². The molecule has 0 bridgehead atoms. The number of hydrogen-bond donors (Lipinski definition) is 0. The molecule has 0 nitrogen and oxygen atoms in total. The molecule has 0 fully saturated rings. The molecule has 0 spiro atoms. The van der Waals surface area contributed by atoms with Gasteiger partial charge >= 0.3 is 0 Å². The Bertz CT molecular complexity index is 2380. The summed E-state index contributed by atoms with van der Waals surface area (Å²) in [5.41, 5.74) is 14.0. The van der Waals surface area contributed by atoms with Crippen molar-refractivity contribution < 1.29 is 0 Å². The second kappa shape index (κ2) is 10.1. The first kappa shape index (κ1) is 28.9. The van der Waals surface area contributed by atoms with Gasteiger partial charge in [-0.25, -0.2) is 0 Å². The fourth-order valence-electron chi connectivity index (χ4n) is 7.78. The summed E-state index contributed by atoms with van der Waals surface area (Å²) < 4.78 is 5.61. The van der Waals surface area contributed by atoms with Gasteiger partial charge in [0.2, 0.25) is 0 Å². The van der Waals surface area contributed by atoms with Crippen LogP contribution in [0.4, 0.5) is 0 Å². The summed E-state index contributed by atoms with van der Waals surface area (Å²) in [7, 11) is 0. The molecule has 2 aromatic heterocycles. The molecule has 0 aliphatic heterocycles. The van der Waals surface area contributed by atoms with Gasteiger partial charge in [-0.2, -0.15) is 0 Å². The number of fused-ring (bicyclic) bond motifs is 9. The van der Waals surface area contributed by atoms with Crippen LogP contribution < -0.4 is 0 Å². The highest BCUT2D eigenvalue weighted by Gasteiger charge is 2.24. The first-order valence-corrected chi connectivity index (χ1v) is 18.4. The van der Waals surface area contributed by atoms with Crippen LogP contribution in [0.2, 0.25) is 0 Å². The highest BCUT2D eigenvalue weighted by molar-refractivity contribution is 7.27. The summed E-state index contributed by atoms with van der Waals surface area (Å²) in [5, 5.41) is 5.48. The average molecular weight is 643 g/mol. The van der Waals surface area contributed by atoms with Crippen LogP contribution in [0.15, 0.2) is 109 Å². The van der Waals surface area contributed by atoms with E-state index in [1.165, 1.54) is 96.0 Å². The van der Waals surface area contributed by atoms with Crippen molar-refractivity contribution in [3.63, 3.8) is 0 Å². The Hall–Kier alpha value is -4.24. The zero-order valence-electron chi connectivity index (χ0n) is 27.9. The molecule has 0 saturated heterocycles. The van der Waals surface area contributed by atoms with Crippen LogP contribution in [-0.2, 0) is 17.3 Å². The molecular formula is C45H38S2. The minimum atomic E-state index is 0.102. The Balaban J connectivity index is 1.19. The average Bonchev–Trinajstić information content (AvgIpc) is 3.74. The van der Waals surface area contributed by atoms with Crippen LogP contribution in [0.5, 0.6) is 0 Å². The van der Waals surface area contributed by atoms with Crippen LogP contribution in [0, 0.1) is 0 Å². The molecule has 230 valence electrons. The standard InChI is InChI=1S/C45H38S2/c1-44(2,3)38-17-9-15-34-32-13-7-11-30(40(32)46-42(34)38)28-21-19-26-23-27-20-22-29(25-37(27)36(26)24-28)31-12-8-14-33-35-16-10-18-39(45(4,5)6)43(35)47-41(31)33/h7-22,24-25H,23H2,1-6H3. The molecule has 0 saturated carbocycles. The molecule has 1 aliphatic rings. The second-order valence-corrected chi connectivity index (χ2v) is 17.4. The first-order valence-electron chi connectivity index (χ1n) is 16.7. The van der Waals surface area contributed by atoms with Crippen LogP contribution in [0.25, 0.3) is 73.7 Å². The zero-order valence-corrected chi connectivity index (χ0v) is 29.5. The maximum Gasteiger partial charge on any atom is 0.0433 e. The van der Waals surface area contributed by atoms with Gasteiger partial charge in [0, 0.05) is 40.3 Å². The SMILES string of the molecule is CC(C)(C)c1cccc2c1sc1c(-c3ccc4c(c3)-c3cc(-c5cccc6c5sc5c(C(C)(C)C)cccc56)ccc3C4)cccc12. The smallest absolute Gasteiger partial charge is 0.0433 e. The van der Waals surface area contributed by atoms with E-state index < -0.39 is 0 Å². The van der Waals surface area contributed by atoms with Gasteiger partial charge in [0.05, 0.1) is 0 Å². The van der Waals surface area contributed by atoms with Crippen LogP contribution in [0.3, 0.4) is 0 Å². The van der Waals surface area contributed by atoms with E-state index in [0.29, 0.717) is 0 Å². The third-order valence-corrected chi connectivity index (χ3v) is 12.8. The van der Waals surface area contributed by atoms with Crippen molar-refractivity contribution in [2.75, 3.05) is 0 Å². The van der Waals surface area contributed by atoms with E-state index in [0.717, 1.165) is 6.42 Å². The van der Waals surface area contributed by atoms with Gasteiger partial charge in [0.15, 0.2) is 0 Å². The van der Waals surface area contributed by atoms with Crippen molar-refractivity contribution >= 4 is 63.0 Å². The van der Waals surface area contributed by atoms with Gasteiger partial charge in [-0.15, -0.1) is 22.7 Å². The molecule has 0 N–H and O–H groups in total. The van der Waals surface area contributed by atoms with Gasteiger partial charge in [-0.05, 0) is 85.0 Å². The molecule has 6 aromatic carbocycles. The van der Waals surface area contributed by atoms with Gasteiger partial charge in [0.25, 0.3) is 0 Å². The lowest BCUT2D eigenvalue weighted by atomic mass is 9.86. The summed E-state index contributed by atoms with van der Waals surface area (Å²) in [4.78, 5) is 0. The van der Waals surface area contributed by atoms with E-state index in [-0.39, 0.29) is 10.8 Å². The Labute approximate surface area is 285 Å². The summed E-state index contributed by atoms with van der Waals surface area (Å²) in [6.45, 7) is 13.9. The monoisotopic (exact) mass is 642 g/mol. The minimum absolute atomic E-state index is 0.102. The molecule has 0 radical (unpaired) electrons. The quantitative estimate of drug-likeness (QED) is 0.176. The Kier molecular flexibility index (Phi) is 6.24. The predicted octanol–water partition coefficient (Wildman–Crippen LogP) is 13.9. The lowest BCUT2D eigenvalue weighted by molar-refractivity contribution is 0.596. The third kappa shape index (κ3) is 4.45. The van der Waals surface area contributed by atoms with Gasteiger partial charge in [-0.3, -0.25) is 0 Å². The van der Waals surface area contributed by atoms with Crippen molar-refractivity contribution in [2.24, 2.45) is 0 Å². The molecule has 1 aliphatic carbocycles. The van der Waals surface area contributed by atoms with Gasteiger partial charge in [-0.1, -0.05) is 139 Å². The molecule has 9 rings (SSSR count). The third-order valence-electron chi connectivity index (χ3n) is 10.2. The van der Waals surface area contributed by atoms with Crippen LogP contribution in [0.1, 0.15) is 63.8 Å². The number of benzene rings is 6. The van der Waals surface area contributed by atoms with Crippen LogP contribution in [-0.4, -0.2) is 0 Å². The number of hydrogen-bond acceptors (Lipinski definition) is 2. The Morgan fingerprint density at radius 1 is 0.404 bits per heavy atom. The van der Waals surface area contributed by atoms with Crippen molar-refractivity contribution in [3.05, 3.63) is 131 Å². The highest BCUT2D eigenvalue weighted by Crippen LogP contribution is 2.48. The van der Waals surface area contributed by atoms with Crippen molar-refractivity contribution in [3.8, 4) is 33.4 Å². The molecule has 2 heterocycles. The van der Waals surface area contributed by atoms with E-state index in [9.17, 15) is 0 Å². The number of rotatable bonds is 2.